The van der Waals surface area contributed by atoms with E-state index in [1.165, 1.54) is 44.1 Å². The highest BCUT2D eigenvalue weighted by Gasteiger charge is 2.60. The third-order valence-electron chi connectivity index (χ3n) is 11.1. The van der Waals surface area contributed by atoms with E-state index in [1.54, 1.807) is 0 Å². The molecule has 0 bridgehead atoms. The SMILES string of the molecule is C=C(C)C(C)/C=C/[C@@H](C)[C@H]1CCC2C3CCC4C[C@@H](OS(=O)(=O)O)CC[C@]4(C)C3CC[C@@]21C. The normalized spacial score (nSPS) is 45.2. The fourth-order valence-electron chi connectivity index (χ4n) is 9.02. The number of fused-ring (bicyclic) bond motifs is 5. The fraction of sp³-hybridized carbons (Fsp3) is 0.857. The summed E-state index contributed by atoms with van der Waals surface area (Å²) in [7, 11) is -4.36. The molecule has 0 amide bonds. The van der Waals surface area contributed by atoms with E-state index >= 15 is 0 Å². The van der Waals surface area contributed by atoms with Crippen LogP contribution in [-0.2, 0) is 14.6 Å². The second-order valence-corrected chi connectivity index (χ2v) is 13.7. The van der Waals surface area contributed by atoms with Gasteiger partial charge in [-0.05, 0) is 117 Å². The van der Waals surface area contributed by atoms with Gasteiger partial charge in [-0.2, -0.15) is 8.42 Å². The van der Waals surface area contributed by atoms with Gasteiger partial charge in [0.15, 0.2) is 0 Å². The average Bonchev–Trinajstić information content (AvgIpc) is 3.08. The van der Waals surface area contributed by atoms with Gasteiger partial charge >= 0.3 is 10.4 Å². The van der Waals surface area contributed by atoms with Crippen LogP contribution in [-0.4, -0.2) is 19.1 Å². The summed E-state index contributed by atoms with van der Waals surface area (Å²) in [5, 5.41) is 0. The Morgan fingerprint density at radius 1 is 1.00 bits per heavy atom. The highest BCUT2D eigenvalue weighted by atomic mass is 32.3. The monoisotopic (exact) mass is 478 g/mol. The molecule has 0 radical (unpaired) electrons. The van der Waals surface area contributed by atoms with Gasteiger partial charge in [0.05, 0.1) is 6.10 Å². The van der Waals surface area contributed by atoms with Gasteiger partial charge in [-0.25, -0.2) is 4.18 Å². The first-order valence-electron chi connectivity index (χ1n) is 13.3. The smallest absolute Gasteiger partial charge is 0.264 e. The lowest BCUT2D eigenvalue weighted by atomic mass is 9.44. The van der Waals surface area contributed by atoms with Crippen LogP contribution in [0.4, 0.5) is 0 Å². The zero-order valence-electron chi connectivity index (χ0n) is 21.4. The average molecular weight is 479 g/mol. The lowest BCUT2D eigenvalue weighted by molar-refractivity contribution is -0.125. The third-order valence-corrected chi connectivity index (χ3v) is 11.6. The largest absolute Gasteiger partial charge is 0.397 e. The van der Waals surface area contributed by atoms with Gasteiger partial charge < -0.3 is 0 Å². The van der Waals surface area contributed by atoms with E-state index in [0.29, 0.717) is 23.2 Å². The summed E-state index contributed by atoms with van der Waals surface area (Å²) in [5.41, 5.74) is 1.95. The minimum absolute atomic E-state index is 0.282. The predicted molar refractivity (Wildman–Crippen MR) is 134 cm³/mol. The van der Waals surface area contributed by atoms with Crippen molar-refractivity contribution in [2.24, 2.45) is 52.3 Å². The third kappa shape index (κ3) is 4.76. The van der Waals surface area contributed by atoms with Crippen molar-refractivity contribution in [3.8, 4) is 0 Å². The molecule has 0 spiro atoms. The molecule has 0 aromatic carbocycles. The first-order chi connectivity index (χ1) is 15.3. The van der Waals surface area contributed by atoms with Gasteiger partial charge in [0.25, 0.3) is 0 Å². The van der Waals surface area contributed by atoms with Crippen molar-refractivity contribution in [2.45, 2.75) is 98.5 Å². The molecule has 0 aliphatic heterocycles. The molecule has 0 heterocycles. The Labute approximate surface area is 202 Å². The van der Waals surface area contributed by atoms with Crippen molar-refractivity contribution >= 4 is 10.4 Å². The van der Waals surface area contributed by atoms with Crippen molar-refractivity contribution < 1.29 is 17.2 Å². The first kappa shape index (κ1) is 25.4. The van der Waals surface area contributed by atoms with E-state index in [9.17, 15) is 8.42 Å². The van der Waals surface area contributed by atoms with Crippen LogP contribution in [0.2, 0.25) is 0 Å². The van der Waals surface area contributed by atoms with Gasteiger partial charge in [0.2, 0.25) is 0 Å². The standard InChI is InChI=1S/C28H46O4S/c1-18(2)19(3)7-8-20(4)24-11-12-25-23-10-9-21-17-22(32-33(29,30)31)13-15-27(21,5)26(23)14-16-28(24,25)6/h7-8,19-26H,1,9-17H2,2-6H3,(H,29,30,31)/b8-7+/t19?,20-,21?,22+,23?,24-,25?,26?,27+,28-/m1/s1. The van der Waals surface area contributed by atoms with Crippen molar-refractivity contribution in [1.82, 2.24) is 0 Å². The molecule has 5 unspecified atom stereocenters. The molecule has 4 saturated carbocycles. The molecule has 4 rings (SSSR count). The van der Waals surface area contributed by atoms with Crippen LogP contribution >= 0.6 is 0 Å². The van der Waals surface area contributed by atoms with Gasteiger partial charge in [-0.1, -0.05) is 52.0 Å². The predicted octanol–water partition coefficient (Wildman–Crippen LogP) is 7.24. The minimum Gasteiger partial charge on any atom is -0.264 e. The van der Waals surface area contributed by atoms with Crippen molar-refractivity contribution in [3.05, 3.63) is 24.3 Å². The number of rotatable bonds is 6. The number of hydrogen-bond acceptors (Lipinski definition) is 3. The zero-order chi connectivity index (χ0) is 24.2. The van der Waals surface area contributed by atoms with E-state index in [0.717, 1.165) is 42.9 Å². The Morgan fingerprint density at radius 3 is 2.33 bits per heavy atom. The second-order valence-electron chi connectivity index (χ2n) is 12.7. The maximum absolute atomic E-state index is 11.3. The Hall–Kier alpha value is -0.650. The molecule has 1 N–H and O–H groups in total. The van der Waals surface area contributed by atoms with Crippen LogP contribution in [0.3, 0.4) is 0 Å². The lowest BCUT2D eigenvalue weighted by Crippen LogP contribution is -2.54. The maximum Gasteiger partial charge on any atom is 0.397 e. The second kappa shape index (κ2) is 9.09. The summed E-state index contributed by atoms with van der Waals surface area (Å²) in [6.45, 7) is 16.0. The van der Waals surface area contributed by atoms with E-state index in [-0.39, 0.29) is 11.5 Å². The van der Waals surface area contributed by atoms with E-state index in [2.05, 4.69) is 53.3 Å². The highest BCUT2D eigenvalue weighted by Crippen LogP contribution is 2.68. The van der Waals surface area contributed by atoms with Gasteiger partial charge in [0, 0.05) is 0 Å². The minimum atomic E-state index is -4.36. The van der Waals surface area contributed by atoms with E-state index in [1.807, 2.05) is 0 Å². The Morgan fingerprint density at radius 2 is 1.67 bits per heavy atom. The number of allylic oxidation sites excluding steroid dienone is 3. The summed E-state index contributed by atoms with van der Waals surface area (Å²) in [5.74, 6) is 4.70. The maximum atomic E-state index is 11.3. The van der Waals surface area contributed by atoms with Crippen molar-refractivity contribution in [2.75, 3.05) is 0 Å². The van der Waals surface area contributed by atoms with Crippen LogP contribution in [0, 0.1) is 52.3 Å². The molecule has 33 heavy (non-hydrogen) atoms. The molecular weight excluding hydrogens is 432 g/mol. The fourth-order valence-corrected chi connectivity index (χ4v) is 9.54. The van der Waals surface area contributed by atoms with Crippen molar-refractivity contribution in [3.63, 3.8) is 0 Å². The Kier molecular flexibility index (Phi) is 7.01. The van der Waals surface area contributed by atoms with Gasteiger partial charge in [0.1, 0.15) is 0 Å². The summed E-state index contributed by atoms with van der Waals surface area (Å²) in [6, 6.07) is 0. The van der Waals surface area contributed by atoms with Crippen LogP contribution in [0.15, 0.2) is 24.3 Å². The number of hydrogen-bond donors (Lipinski definition) is 1. The summed E-state index contributed by atoms with van der Waals surface area (Å²) >= 11 is 0. The zero-order valence-corrected chi connectivity index (χ0v) is 22.2. The summed E-state index contributed by atoms with van der Waals surface area (Å²) in [6.07, 6.45) is 14.8. The summed E-state index contributed by atoms with van der Waals surface area (Å²) in [4.78, 5) is 0. The quantitative estimate of drug-likeness (QED) is 0.323. The van der Waals surface area contributed by atoms with Gasteiger partial charge in [-0.3, -0.25) is 4.55 Å². The molecule has 0 aromatic rings. The molecular formula is C28H46O4S. The molecule has 0 saturated heterocycles. The molecule has 188 valence electrons. The van der Waals surface area contributed by atoms with Crippen LogP contribution in [0.25, 0.3) is 0 Å². The Bertz CT molecular complexity index is 878. The molecule has 4 fully saturated rings. The molecule has 10 atom stereocenters. The van der Waals surface area contributed by atoms with Crippen LogP contribution in [0.5, 0.6) is 0 Å². The molecule has 5 heteroatoms. The highest BCUT2D eigenvalue weighted by molar-refractivity contribution is 7.80. The Balaban J connectivity index is 1.47. The molecule has 0 aromatic heterocycles. The molecule has 4 nitrogen and oxygen atoms in total. The van der Waals surface area contributed by atoms with Crippen LogP contribution < -0.4 is 0 Å². The molecule has 4 aliphatic carbocycles. The molecule has 4 aliphatic rings. The first-order valence-corrected chi connectivity index (χ1v) is 14.7. The van der Waals surface area contributed by atoms with E-state index in [4.69, 9.17) is 8.74 Å². The van der Waals surface area contributed by atoms with Crippen LogP contribution in [0.1, 0.15) is 92.4 Å². The summed E-state index contributed by atoms with van der Waals surface area (Å²) < 4.78 is 36.7. The topological polar surface area (TPSA) is 63.6 Å². The van der Waals surface area contributed by atoms with E-state index < -0.39 is 10.4 Å². The van der Waals surface area contributed by atoms with Gasteiger partial charge in [-0.15, -0.1) is 0 Å². The lowest BCUT2D eigenvalue weighted by Gasteiger charge is -2.61. The van der Waals surface area contributed by atoms with Crippen molar-refractivity contribution in [1.29, 1.82) is 0 Å².